The van der Waals surface area contributed by atoms with Gasteiger partial charge in [-0.05, 0) is 22.8 Å². The number of fused-ring (bicyclic) bond motifs is 1. The van der Waals surface area contributed by atoms with Crippen LogP contribution in [0.2, 0.25) is 0 Å². The maximum Gasteiger partial charge on any atom is 0.319 e. The molecule has 0 aliphatic carbocycles. The van der Waals surface area contributed by atoms with Crippen LogP contribution in [0.1, 0.15) is 23.2 Å². The van der Waals surface area contributed by atoms with Crippen molar-refractivity contribution < 1.29 is 18.4 Å². The molecule has 4 rings (SSSR count). The van der Waals surface area contributed by atoms with E-state index in [1.165, 1.54) is 6.20 Å². The molecule has 3 aromatic carbocycles. The predicted octanol–water partition coefficient (Wildman–Crippen LogP) is 4.76. The highest BCUT2D eigenvalue weighted by atomic mass is 19.3. The van der Waals surface area contributed by atoms with Crippen LogP contribution in [0, 0.1) is 0 Å². The third kappa shape index (κ3) is 6.23. The first-order chi connectivity index (χ1) is 17.0. The summed E-state index contributed by atoms with van der Waals surface area (Å²) in [6, 6.07) is 24.3. The van der Waals surface area contributed by atoms with Crippen LogP contribution in [0.4, 0.5) is 13.6 Å². The van der Waals surface area contributed by atoms with Crippen LogP contribution in [0.5, 0.6) is 0 Å². The Morgan fingerprint density at radius 3 is 2.09 bits per heavy atom. The summed E-state index contributed by atoms with van der Waals surface area (Å²) in [6.45, 7) is -2.32. The van der Waals surface area contributed by atoms with Crippen LogP contribution >= 0.6 is 0 Å². The Morgan fingerprint density at radius 1 is 0.771 bits per heavy atom. The van der Waals surface area contributed by atoms with Crippen molar-refractivity contribution in [3.8, 4) is 0 Å². The molecule has 1 aromatic heterocycles. The smallest absolute Gasteiger partial charge is 0.319 e. The summed E-state index contributed by atoms with van der Waals surface area (Å²) >= 11 is 0. The lowest BCUT2D eigenvalue weighted by atomic mass is 10.1. The average Bonchev–Trinajstić information content (AvgIpc) is 3.26. The largest absolute Gasteiger partial charge is 0.350 e. The second-order valence-electron chi connectivity index (χ2n) is 8.13. The van der Waals surface area contributed by atoms with Crippen LogP contribution in [-0.4, -0.2) is 22.5 Å². The number of nitrogens with one attached hydrogen (secondary N) is 3. The normalized spacial score (nSPS) is 11.9. The number of benzene rings is 3. The fourth-order valence-corrected chi connectivity index (χ4v) is 3.93. The number of carbonyl (C=O) groups excluding carboxylic acids is 2. The topological polar surface area (TPSA) is 75.2 Å². The lowest BCUT2D eigenvalue weighted by Gasteiger charge is -2.19. The minimum atomic E-state index is -2.69. The molecule has 0 saturated heterocycles. The summed E-state index contributed by atoms with van der Waals surface area (Å²) in [5, 5.41) is 8.94. The zero-order valence-electron chi connectivity index (χ0n) is 19.0. The van der Waals surface area contributed by atoms with Gasteiger partial charge in [-0.2, -0.15) is 8.78 Å². The van der Waals surface area contributed by atoms with Gasteiger partial charge < -0.3 is 16.0 Å². The molecule has 3 N–H and O–H groups in total. The average molecular weight is 477 g/mol. The van der Waals surface area contributed by atoms with Gasteiger partial charge >= 0.3 is 12.6 Å². The number of carbonyl (C=O) groups is 2. The van der Waals surface area contributed by atoms with Crippen LogP contribution in [-0.2, 0) is 24.3 Å². The SMILES string of the molecule is O=C(NCc1cn(C(F)F)c2ccccc12)NC(Cc1ccccc1)C(=O)NCc1ccccc1. The Bertz CT molecular complexity index is 1280. The number of amides is 3. The minimum absolute atomic E-state index is 0.0375. The number of halogens is 2. The number of hydrogen-bond acceptors (Lipinski definition) is 2. The highest BCUT2D eigenvalue weighted by Gasteiger charge is 2.22. The summed E-state index contributed by atoms with van der Waals surface area (Å²) < 4.78 is 27.7. The molecular weight excluding hydrogens is 450 g/mol. The molecule has 0 aliphatic rings. The molecular formula is C27H26F2N4O2. The molecule has 6 nitrogen and oxygen atoms in total. The van der Waals surface area contributed by atoms with E-state index in [0.717, 1.165) is 15.7 Å². The van der Waals surface area contributed by atoms with Crippen LogP contribution in [0.3, 0.4) is 0 Å². The number of rotatable bonds is 9. The van der Waals surface area contributed by atoms with Crippen molar-refractivity contribution in [3.63, 3.8) is 0 Å². The Kier molecular flexibility index (Phi) is 7.72. The molecule has 1 atom stereocenters. The van der Waals surface area contributed by atoms with Gasteiger partial charge in [0.15, 0.2) is 0 Å². The molecule has 0 aliphatic heterocycles. The van der Waals surface area contributed by atoms with Crippen molar-refractivity contribution in [1.29, 1.82) is 0 Å². The molecule has 0 fully saturated rings. The fraction of sp³-hybridized carbons (Fsp3) is 0.185. The molecule has 35 heavy (non-hydrogen) atoms. The highest BCUT2D eigenvalue weighted by Crippen LogP contribution is 2.25. The van der Waals surface area contributed by atoms with Gasteiger partial charge in [0.05, 0.1) is 5.52 Å². The number of alkyl halides is 2. The molecule has 4 aromatic rings. The van der Waals surface area contributed by atoms with Crippen molar-refractivity contribution in [3.05, 3.63) is 108 Å². The van der Waals surface area contributed by atoms with Crippen LogP contribution in [0.15, 0.2) is 91.1 Å². The third-order valence-electron chi connectivity index (χ3n) is 5.69. The molecule has 180 valence electrons. The van der Waals surface area contributed by atoms with E-state index in [2.05, 4.69) is 16.0 Å². The molecule has 0 saturated carbocycles. The number of hydrogen-bond donors (Lipinski definition) is 3. The van der Waals surface area contributed by atoms with Crippen molar-refractivity contribution in [2.45, 2.75) is 32.1 Å². The minimum Gasteiger partial charge on any atom is -0.350 e. The van der Waals surface area contributed by atoms with Crippen LogP contribution < -0.4 is 16.0 Å². The van der Waals surface area contributed by atoms with Gasteiger partial charge in [0.25, 0.3) is 0 Å². The van der Waals surface area contributed by atoms with E-state index in [0.29, 0.717) is 29.4 Å². The van der Waals surface area contributed by atoms with Gasteiger partial charge in [-0.25, -0.2) is 4.79 Å². The fourth-order valence-electron chi connectivity index (χ4n) is 3.93. The number of urea groups is 1. The summed E-state index contributed by atoms with van der Waals surface area (Å²) in [6.07, 6.45) is 1.64. The van der Waals surface area contributed by atoms with Gasteiger partial charge in [-0.1, -0.05) is 78.9 Å². The van der Waals surface area contributed by atoms with Gasteiger partial charge in [-0.3, -0.25) is 9.36 Å². The maximum atomic E-state index is 13.4. The number of para-hydroxylation sites is 1. The Morgan fingerprint density at radius 2 is 1.40 bits per heavy atom. The van der Waals surface area contributed by atoms with E-state index < -0.39 is 18.6 Å². The van der Waals surface area contributed by atoms with Crippen molar-refractivity contribution >= 4 is 22.8 Å². The molecule has 1 unspecified atom stereocenters. The molecule has 0 radical (unpaired) electrons. The van der Waals surface area contributed by atoms with E-state index in [9.17, 15) is 18.4 Å². The molecule has 1 heterocycles. The number of aromatic nitrogens is 1. The zero-order chi connectivity index (χ0) is 24.6. The van der Waals surface area contributed by atoms with Crippen molar-refractivity contribution in [2.24, 2.45) is 0 Å². The van der Waals surface area contributed by atoms with E-state index in [1.807, 2.05) is 60.7 Å². The molecule has 0 spiro atoms. The van der Waals surface area contributed by atoms with E-state index in [1.54, 1.807) is 24.3 Å². The Labute approximate surface area is 202 Å². The van der Waals surface area contributed by atoms with E-state index in [-0.39, 0.29) is 12.5 Å². The van der Waals surface area contributed by atoms with Gasteiger partial charge in [0.1, 0.15) is 6.04 Å². The summed E-state index contributed by atoms with van der Waals surface area (Å²) in [5.74, 6) is -0.317. The first-order valence-corrected chi connectivity index (χ1v) is 11.3. The zero-order valence-corrected chi connectivity index (χ0v) is 19.0. The first kappa shape index (κ1) is 23.9. The van der Waals surface area contributed by atoms with Crippen molar-refractivity contribution in [2.75, 3.05) is 0 Å². The lowest BCUT2D eigenvalue weighted by molar-refractivity contribution is -0.123. The van der Waals surface area contributed by atoms with Crippen LogP contribution in [0.25, 0.3) is 10.9 Å². The quantitative estimate of drug-likeness (QED) is 0.326. The summed E-state index contributed by atoms with van der Waals surface area (Å²) in [7, 11) is 0. The second-order valence-corrected chi connectivity index (χ2v) is 8.13. The first-order valence-electron chi connectivity index (χ1n) is 11.3. The van der Waals surface area contributed by atoms with Gasteiger partial charge in [-0.15, -0.1) is 0 Å². The molecule has 8 heteroatoms. The third-order valence-corrected chi connectivity index (χ3v) is 5.69. The maximum absolute atomic E-state index is 13.4. The second kappa shape index (κ2) is 11.3. The highest BCUT2D eigenvalue weighted by molar-refractivity contribution is 5.88. The van der Waals surface area contributed by atoms with E-state index >= 15 is 0 Å². The van der Waals surface area contributed by atoms with Crippen molar-refractivity contribution in [1.82, 2.24) is 20.5 Å². The monoisotopic (exact) mass is 476 g/mol. The van der Waals surface area contributed by atoms with Gasteiger partial charge in [0, 0.05) is 31.1 Å². The Balaban J connectivity index is 1.43. The molecule has 0 bridgehead atoms. The predicted molar refractivity (Wildman–Crippen MR) is 131 cm³/mol. The summed E-state index contributed by atoms with van der Waals surface area (Å²) in [4.78, 5) is 25.7. The van der Waals surface area contributed by atoms with E-state index in [4.69, 9.17) is 0 Å². The summed E-state index contributed by atoms with van der Waals surface area (Å²) in [5.41, 5.74) is 2.79. The van der Waals surface area contributed by atoms with Gasteiger partial charge in [0.2, 0.25) is 5.91 Å². The lowest BCUT2D eigenvalue weighted by Crippen LogP contribution is -2.50. The number of nitrogens with zero attached hydrogens (tertiary/aromatic N) is 1. The standard InChI is InChI=1S/C27H26F2N4O2/c28-26(29)33-18-21(22-13-7-8-14-24(22)33)17-31-27(35)32-23(15-19-9-3-1-4-10-19)25(34)30-16-20-11-5-2-6-12-20/h1-14,18,23,26H,15-17H2,(H,30,34)(H2,31,32,35). The Hall–Kier alpha value is -4.20. The molecule has 3 amide bonds.